The third kappa shape index (κ3) is 7.19. The number of hydrogen-bond donors (Lipinski definition) is 2. The Hall–Kier alpha value is -1.79. The van der Waals surface area contributed by atoms with Gasteiger partial charge < -0.3 is 20.4 Å². The minimum Gasteiger partial charge on any atom is -0.354 e. The Morgan fingerprint density at radius 2 is 1.50 bits per heavy atom. The average Bonchev–Trinajstić information content (AvgIpc) is 2.47. The SMILES string of the molecule is CC1CC(C)CC(NC(=NCC(=O)N(C)C)NCC(=O)N(C)C)C1. The molecule has 1 aliphatic carbocycles. The Labute approximate surface area is 145 Å². The molecule has 0 spiro atoms. The lowest BCUT2D eigenvalue weighted by Crippen LogP contribution is -2.49. The van der Waals surface area contributed by atoms with E-state index in [1.54, 1.807) is 28.2 Å². The second-order valence-electron chi connectivity index (χ2n) is 7.35. The largest absolute Gasteiger partial charge is 0.354 e. The lowest BCUT2D eigenvalue weighted by molar-refractivity contribution is -0.127. The number of rotatable bonds is 5. The average molecular weight is 339 g/mol. The molecule has 0 aliphatic heterocycles. The molecule has 138 valence electrons. The molecule has 0 saturated heterocycles. The second kappa shape index (κ2) is 9.49. The maximum Gasteiger partial charge on any atom is 0.243 e. The molecule has 7 heteroatoms. The van der Waals surface area contributed by atoms with Gasteiger partial charge in [-0.2, -0.15) is 0 Å². The van der Waals surface area contributed by atoms with Gasteiger partial charge in [0.05, 0.1) is 6.54 Å². The fourth-order valence-corrected chi connectivity index (χ4v) is 3.02. The Balaban J connectivity index is 2.70. The summed E-state index contributed by atoms with van der Waals surface area (Å²) in [5, 5.41) is 6.45. The number of amides is 2. The lowest BCUT2D eigenvalue weighted by Gasteiger charge is -2.33. The van der Waals surface area contributed by atoms with Crippen molar-refractivity contribution >= 4 is 17.8 Å². The van der Waals surface area contributed by atoms with E-state index in [1.807, 2.05) is 0 Å². The molecule has 2 unspecified atom stereocenters. The van der Waals surface area contributed by atoms with Crippen LogP contribution in [0.25, 0.3) is 0 Å². The highest BCUT2D eigenvalue weighted by Gasteiger charge is 2.24. The van der Waals surface area contributed by atoms with E-state index in [4.69, 9.17) is 0 Å². The van der Waals surface area contributed by atoms with Crippen LogP contribution in [-0.4, -0.2) is 74.9 Å². The molecule has 1 saturated carbocycles. The zero-order valence-electron chi connectivity index (χ0n) is 15.9. The van der Waals surface area contributed by atoms with Gasteiger partial charge in [0.2, 0.25) is 11.8 Å². The van der Waals surface area contributed by atoms with Gasteiger partial charge in [-0.15, -0.1) is 0 Å². The van der Waals surface area contributed by atoms with Crippen molar-refractivity contribution < 1.29 is 9.59 Å². The van der Waals surface area contributed by atoms with E-state index in [1.165, 1.54) is 16.2 Å². The fraction of sp³-hybridized carbons (Fsp3) is 0.824. The van der Waals surface area contributed by atoms with Gasteiger partial charge in [0.25, 0.3) is 0 Å². The van der Waals surface area contributed by atoms with E-state index in [2.05, 4.69) is 29.5 Å². The Bertz CT molecular complexity index is 452. The molecule has 7 nitrogen and oxygen atoms in total. The van der Waals surface area contributed by atoms with E-state index >= 15 is 0 Å². The molecule has 24 heavy (non-hydrogen) atoms. The molecule has 1 fully saturated rings. The summed E-state index contributed by atoms with van der Waals surface area (Å²) < 4.78 is 0. The standard InChI is InChI=1S/C17H33N5O2/c1-12-7-13(2)9-14(8-12)20-17(18-10-15(23)21(3)4)19-11-16(24)22(5)6/h12-14H,7-11H2,1-6H3,(H2,18,19,20). The first kappa shape index (κ1) is 20.3. The summed E-state index contributed by atoms with van der Waals surface area (Å²) in [4.78, 5) is 31.0. The van der Waals surface area contributed by atoms with E-state index in [0.29, 0.717) is 23.8 Å². The molecule has 0 aromatic heterocycles. The maximum absolute atomic E-state index is 11.8. The van der Waals surface area contributed by atoms with Crippen LogP contribution in [0.2, 0.25) is 0 Å². The van der Waals surface area contributed by atoms with Crippen LogP contribution in [0.1, 0.15) is 33.1 Å². The number of guanidine groups is 1. The van der Waals surface area contributed by atoms with Gasteiger partial charge in [-0.1, -0.05) is 13.8 Å². The van der Waals surface area contributed by atoms with Crippen LogP contribution in [0, 0.1) is 11.8 Å². The molecular weight excluding hydrogens is 306 g/mol. The summed E-state index contributed by atoms with van der Waals surface area (Å²) >= 11 is 0. The van der Waals surface area contributed by atoms with Crippen LogP contribution in [0.15, 0.2) is 4.99 Å². The van der Waals surface area contributed by atoms with Crippen molar-refractivity contribution in [2.45, 2.75) is 39.2 Å². The zero-order valence-corrected chi connectivity index (χ0v) is 15.9. The number of aliphatic imine (C=N–C) groups is 1. The number of nitrogens with one attached hydrogen (secondary N) is 2. The first-order valence-electron chi connectivity index (χ1n) is 8.64. The van der Waals surface area contributed by atoms with E-state index in [9.17, 15) is 9.59 Å². The van der Waals surface area contributed by atoms with E-state index in [0.717, 1.165) is 12.8 Å². The molecule has 2 atom stereocenters. The maximum atomic E-state index is 11.8. The predicted molar refractivity (Wildman–Crippen MR) is 96.8 cm³/mol. The molecule has 0 aromatic carbocycles. The second-order valence-corrected chi connectivity index (χ2v) is 7.35. The molecule has 2 amide bonds. The van der Waals surface area contributed by atoms with Crippen LogP contribution in [0.3, 0.4) is 0 Å². The van der Waals surface area contributed by atoms with Gasteiger partial charge in [-0.25, -0.2) is 4.99 Å². The van der Waals surface area contributed by atoms with Crippen molar-refractivity contribution in [1.29, 1.82) is 0 Å². The molecule has 0 heterocycles. The van der Waals surface area contributed by atoms with Crippen molar-refractivity contribution in [2.75, 3.05) is 41.3 Å². The van der Waals surface area contributed by atoms with Gasteiger partial charge in [0, 0.05) is 34.2 Å². The predicted octanol–water partition coefficient (Wildman–Crippen LogP) is 0.523. The Kier molecular flexibility index (Phi) is 8.01. The number of carbonyl (C=O) groups is 2. The number of hydrogen-bond acceptors (Lipinski definition) is 3. The quantitative estimate of drug-likeness (QED) is 0.566. The highest BCUT2D eigenvalue weighted by Crippen LogP contribution is 2.28. The van der Waals surface area contributed by atoms with Gasteiger partial charge >= 0.3 is 0 Å². The molecule has 2 N–H and O–H groups in total. The number of likely N-dealkylation sites (N-methyl/N-ethyl adjacent to an activating group) is 2. The first-order chi connectivity index (χ1) is 11.2. The minimum atomic E-state index is -0.0691. The topological polar surface area (TPSA) is 77.0 Å². The van der Waals surface area contributed by atoms with Crippen LogP contribution in [-0.2, 0) is 9.59 Å². The summed E-state index contributed by atoms with van der Waals surface area (Å²) in [6, 6.07) is 0.318. The molecule has 1 aliphatic rings. The Morgan fingerprint density at radius 3 is 2.00 bits per heavy atom. The monoisotopic (exact) mass is 339 g/mol. The minimum absolute atomic E-state index is 0.0335. The lowest BCUT2D eigenvalue weighted by atomic mass is 9.80. The summed E-state index contributed by atoms with van der Waals surface area (Å²) in [7, 11) is 6.85. The first-order valence-corrected chi connectivity index (χ1v) is 8.64. The summed E-state index contributed by atoms with van der Waals surface area (Å²) in [6.07, 6.45) is 3.40. The van der Waals surface area contributed by atoms with Crippen molar-refractivity contribution in [3.8, 4) is 0 Å². The summed E-state index contributed by atoms with van der Waals surface area (Å²) in [5.74, 6) is 1.76. The molecular formula is C17H33N5O2. The van der Waals surface area contributed by atoms with Crippen molar-refractivity contribution in [3.63, 3.8) is 0 Å². The van der Waals surface area contributed by atoms with Crippen LogP contribution in [0.5, 0.6) is 0 Å². The van der Waals surface area contributed by atoms with Crippen molar-refractivity contribution in [3.05, 3.63) is 0 Å². The van der Waals surface area contributed by atoms with Crippen LogP contribution >= 0.6 is 0 Å². The van der Waals surface area contributed by atoms with E-state index in [-0.39, 0.29) is 24.9 Å². The molecule has 0 aromatic rings. The highest BCUT2D eigenvalue weighted by molar-refractivity contribution is 5.88. The number of nitrogens with zero attached hydrogens (tertiary/aromatic N) is 3. The van der Waals surface area contributed by atoms with Gasteiger partial charge in [-0.05, 0) is 31.1 Å². The van der Waals surface area contributed by atoms with Crippen molar-refractivity contribution in [1.82, 2.24) is 20.4 Å². The Morgan fingerprint density at radius 1 is 0.958 bits per heavy atom. The highest BCUT2D eigenvalue weighted by atomic mass is 16.2. The fourth-order valence-electron chi connectivity index (χ4n) is 3.02. The zero-order chi connectivity index (χ0) is 18.3. The van der Waals surface area contributed by atoms with Crippen LogP contribution < -0.4 is 10.6 Å². The van der Waals surface area contributed by atoms with Crippen molar-refractivity contribution in [2.24, 2.45) is 16.8 Å². The van der Waals surface area contributed by atoms with Gasteiger partial charge in [0.1, 0.15) is 6.54 Å². The smallest absolute Gasteiger partial charge is 0.243 e. The van der Waals surface area contributed by atoms with Gasteiger partial charge in [0.15, 0.2) is 5.96 Å². The molecule has 0 radical (unpaired) electrons. The normalized spacial score (nSPS) is 24.2. The number of carbonyl (C=O) groups excluding carboxylic acids is 2. The molecule has 0 bridgehead atoms. The van der Waals surface area contributed by atoms with Gasteiger partial charge in [-0.3, -0.25) is 9.59 Å². The third-order valence-corrected chi connectivity index (χ3v) is 4.30. The third-order valence-electron chi connectivity index (χ3n) is 4.30. The summed E-state index contributed by atoms with van der Waals surface area (Å²) in [5.41, 5.74) is 0. The van der Waals surface area contributed by atoms with E-state index < -0.39 is 0 Å². The van der Waals surface area contributed by atoms with Crippen LogP contribution in [0.4, 0.5) is 0 Å². The summed E-state index contributed by atoms with van der Waals surface area (Å²) in [6.45, 7) is 4.75. The molecule has 1 rings (SSSR count).